The normalized spacial score (nSPS) is 16.6. The number of hydrogen-bond donors (Lipinski definition) is 1. The Morgan fingerprint density at radius 1 is 1.35 bits per heavy atom. The largest absolute Gasteiger partial charge is 0.346 e. The SMILES string of the molecule is CC1(CCc2nc(-c3ccnc4[nH]ccc34)no2)CC1. The maximum Gasteiger partial charge on any atom is 0.226 e. The number of hydrogen-bond acceptors (Lipinski definition) is 4. The van der Waals surface area contributed by atoms with E-state index in [1.807, 2.05) is 18.3 Å². The molecule has 3 aromatic rings. The first-order valence-corrected chi connectivity index (χ1v) is 6.99. The number of nitrogens with one attached hydrogen (secondary N) is 1. The number of rotatable bonds is 4. The molecule has 5 nitrogen and oxygen atoms in total. The van der Waals surface area contributed by atoms with E-state index in [-0.39, 0.29) is 0 Å². The molecule has 1 aliphatic rings. The minimum absolute atomic E-state index is 0.513. The van der Waals surface area contributed by atoms with Crippen molar-refractivity contribution in [1.29, 1.82) is 0 Å². The Morgan fingerprint density at radius 3 is 3.10 bits per heavy atom. The van der Waals surface area contributed by atoms with Crippen LogP contribution >= 0.6 is 0 Å². The van der Waals surface area contributed by atoms with Crippen molar-refractivity contribution < 1.29 is 4.52 Å². The smallest absolute Gasteiger partial charge is 0.226 e. The Hall–Kier alpha value is -2.17. The molecule has 4 rings (SSSR count). The molecule has 1 aliphatic carbocycles. The predicted molar refractivity (Wildman–Crippen MR) is 75.0 cm³/mol. The molecule has 0 bridgehead atoms. The highest BCUT2D eigenvalue weighted by atomic mass is 16.5. The summed E-state index contributed by atoms with van der Waals surface area (Å²) in [5.41, 5.74) is 2.32. The maximum absolute atomic E-state index is 5.38. The number of pyridine rings is 1. The van der Waals surface area contributed by atoms with E-state index in [0.29, 0.717) is 11.2 Å². The zero-order chi connectivity index (χ0) is 13.6. The molecule has 1 saturated carbocycles. The van der Waals surface area contributed by atoms with Crippen LogP contribution in [0.5, 0.6) is 0 Å². The fraction of sp³-hybridized carbons (Fsp3) is 0.400. The molecular formula is C15H16N4O. The molecule has 0 radical (unpaired) electrons. The molecule has 0 aliphatic heterocycles. The molecule has 0 aromatic carbocycles. The zero-order valence-corrected chi connectivity index (χ0v) is 11.4. The van der Waals surface area contributed by atoms with E-state index in [1.54, 1.807) is 6.20 Å². The van der Waals surface area contributed by atoms with Crippen molar-refractivity contribution in [2.24, 2.45) is 5.41 Å². The lowest BCUT2D eigenvalue weighted by atomic mass is 10.0. The second kappa shape index (κ2) is 4.16. The first-order valence-electron chi connectivity index (χ1n) is 6.99. The zero-order valence-electron chi connectivity index (χ0n) is 11.4. The lowest BCUT2D eigenvalue weighted by molar-refractivity contribution is 0.362. The molecule has 0 spiro atoms. The molecule has 1 N–H and O–H groups in total. The summed E-state index contributed by atoms with van der Waals surface area (Å²) in [6.45, 7) is 2.32. The van der Waals surface area contributed by atoms with Crippen molar-refractivity contribution in [2.45, 2.75) is 32.6 Å². The van der Waals surface area contributed by atoms with Crippen LogP contribution in [0.4, 0.5) is 0 Å². The minimum Gasteiger partial charge on any atom is -0.346 e. The summed E-state index contributed by atoms with van der Waals surface area (Å²) in [6, 6.07) is 3.91. The molecule has 0 unspecified atom stereocenters. The number of H-pyrrole nitrogens is 1. The lowest BCUT2D eigenvalue weighted by Gasteiger charge is -2.03. The van der Waals surface area contributed by atoms with Gasteiger partial charge in [0.15, 0.2) is 0 Å². The number of aryl methyl sites for hydroxylation is 1. The van der Waals surface area contributed by atoms with Crippen molar-refractivity contribution in [1.82, 2.24) is 20.1 Å². The number of fused-ring (bicyclic) bond motifs is 1. The van der Waals surface area contributed by atoms with Gasteiger partial charge in [0.1, 0.15) is 5.65 Å². The third-order valence-electron chi connectivity index (χ3n) is 4.22. The second-order valence-electron chi connectivity index (χ2n) is 5.92. The van der Waals surface area contributed by atoms with E-state index < -0.39 is 0 Å². The van der Waals surface area contributed by atoms with E-state index >= 15 is 0 Å². The van der Waals surface area contributed by atoms with E-state index in [1.165, 1.54) is 12.8 Å². The van der Waals surface area contributed by atoms with Gasteiger partial charge in [0.2, 0.25) is 11.7 Å². The van der Waals surface area contributed by atoms with Gasteiger partial charge >= 0.3 is 0 Å². The van der Waals surface area contributed by atoms with Crippen LogP contribution in [0.25, 0.3) is 22.4 Å². The highest BCUT2D eigenvalue weighted by Gasteiger charge is 2.36. The molecule has 5 heteroatoms. The number of nitrogens with zero attached hydrogens (tertiary/aromatic N) is 3. The van der Waals surface area contributed by atoms with Crippen LogP contribution in [0.15, 0.2) is 29.0 Å². The molecule has 102 valence electrons. The first kappa shape index (κ1) is 11.6. The average molecular weight is 268 g/mol. The van der Waals surface area contributed by atoms with Crippen molar-refractivity contribution >= 4 is 11.0 Å². The minimum atomic E-state index is 0.513. The van der Waals surface area contributed by atoms with Gasteiger partial charge in [-0.15, -0.1) is 0 Å². The molecule has 3 aromatic heterocycles. The van der Waals surface area contributed by atoms with E-state index in [4.69, 9.17) is 4.52 Å². The van der Waals surface area contributed by atoms with Gasteiger partial charge in [-0.05, 0) is 36.8 Å². The van der Waals surface area contributed by atoms with Gasteiger partial charge in [-0.2, -0.15) is 4.98 Å². The Balaban J connectivity index is 1.62. The molecular weight excluding hydrogens is 252 g/mol. The number of aromatic amines is 1. The molecule has 0 amide bonds. The average Bonchev–Trinajstić information content (AvgIpc) is 2.91. The maximum atomic E-state index is 5.38. The molecule has 20 heavy (non-hydrogen) atoms. The molecule has 1 fully saturated rings. The van der Waals surface area contributed by atoms with Crippen LogP contribution in [-0.4, -0.2) is 20.1 Å². The standard InChI is InChI=1S/C15H16N4O/c1-15(6-7-15)5-2-12-18-14(19-20-12)11-4-9-17-13-10(11)3-8-16-13/h3-4,8-9H,2,5-7H2,1H3,(H,16,17). The summed E-state index contributed by atoms with van der Waals surface area (Å²) in [5, 5.41) is 5.13. The van der Waals surface area contributed by atoms with Gasteiger partial charge in [-0.25, -0.2) is 4.98 Å². The van der Waals surface area contributed by atoms with Gasteiger partial charge in [0, 0.05) is 29.8 Å². The highest BCUT2D eigenvalue weighted by molar-refractivity contribution is 5.90. The highest BCUT2D eigenvalue weighted by Crippen LogP contribution is 2.48. The fourth-order valence-corrected chi connectivity index (χ4v) is 2.49. The van der Waals surface area contributed by atoms with Gasteiger partial charge in [0.25, 0.3) is 0 Å². The molecule has 0 saturated heterocycles. The first-order chi connectivity index (χ1) is 9.73. The Bertz CT molecular complexity index is 754. The Labute approximate surface area is 116 Å². The van der Waals surface area contributed by atoms with Crippen LogP contribution in [0, 0.1) is 5.41 Å². The van der Waals surface area contributed by atoms with Crippen molar-refractivity contribution in [3.8, 4) is 11.4 Å². The molecule has 3 heterocycles. The van der Waals surface area contributed by atoms with E-state index in [2.05, 4.69) is 27.0 Å². The van der Waals surface area contributed by atoms with Gasteiger partial charge in [-0.3, -0.25) is 0 Å². The summed E-state index contributed by atoms with van der Waals surface area (Å²) in [7, 11) is 0. The van der Waals surface area contributed by atoms with Gasteiger partial charge in [-0.1, -0.05) is 12.1 Å². The monoisotopic (exact) mass is 268 g/mol. The quantitative estimate of drug-likeness (QED) is 0.788. The summed E-state index contributed by atoms with van der Waals surface area (Å²) >= 11 is 0. The summed E-state index contributed by atoms with van der Waals surface area (Å²) in [4.78, 5) is 11.9. The van der Waals surface area contributed by atoms with Crippen LogP contribution in [0.3, 0.4) is 0 Å². The fourth-order valence-electron chi connectivity index (χ4n) is 2.49. The van der Waals surface area contributed by atoms with Gasteiger partial charge in [0.05, 0.1) is 0 Å². The van der Waals surface area contributed by atoms with Crippen molar-refractivity contribution in [3.63, 3.8) is 0 Å². The van der Waals surface area contributed by atoms with E-state index in [9.17, 15) is 0 Å². The summed E-state index contributed by atoms with van der Waals surface area (Å²) in [5.74, 6) is 1.38. The lowest BCUT2D eigenvalue weighted by Crippen LogP contribution is -1.96. The second-order valence-corrected chi connectivity index (χ2v) is 5.92. The van der Waals surface area contributed by atoms with Gasteiger partial charge < -0.3 is 9.51 Å². The third kappa shape index (κ3) is 1.99. The number of aromatic nitrogens is 4. The van der Waals surface area contributed by atoms with Crippen LogP contribution in [0.1, 0.15) is 32.1 Å². The molecule has 0 atom stereocenters. The predicted octanol–water partition coefficient (Wildman–Crippen LogP) is 3.35. The van der Waals surface area contributed by atoms with Crippen LogP contribution < -0.4 is 0 Å². The van der Waals surface area contributed by atoms with Crippen LogP contribution in [-0.2, 0) is 6.42 Å². The Kier molecular flexibility index (Phi) is 2.42. The van der Waals surface area contributed by atoms with E-state index in [0.717, 1.165) is 35.3 Å². The topological polar surface area (TPSA) is 67.6 Å². The Morgan fingerprint density at radius 2 is 2.25 bits per heavy atom. The summed E-state index contributed by atoms with van der Waals surface area (Å²) < 4.78 is 5.38. The van der Waals surface area contributed by atoms with Crippen molar-refractivity contribution in [3.05, 3.63) is 30.4 Å². The van der Waals surface area contributed by atoms with Crippen molar-refractivity contribution in [2.75, 3.05) is 0 Å². The summed E-state index contributed by atoms with van der Waals surface area (Å²) in [6.07, 6.45) is 8.27. The van der Waals surface area contributed by atoms with Crippen LogP contribution in [0.2, 0.25) is 0 Å². The third-order valence-corrected chi connectivity index (χ3v) is 4.22.